The van der Waals surface area contributed by atoms with Gasteiger partial charge in [0, 0.05) is 12.6 Å². The molecule has 1 N–H and O–H groups in total. The van der Waals surface area contributed by atoms with E-state index in [-0.39, 0.29) is 18.7 Å². The number of carbonyl (C=O) groups is 1. The summed E-state index contributed by atoms with van der Waals surface area (Å²) in [4.78, 5) is 12.9. The summed E-state index contributed by atoms with van der Waals surface area (Å²) in [5.41, 5.74) is 2.52. The maximum atomic E-state index is 10.9. The second-order valence-electron chi connectivity index (χ2n) is 5.23. The van der Waals surface area contributed by atoms with Crippen LogP contribution in [0.5, 0.6) is 0 Å². The van der Waals surface area contributed by atoms with E-state index in [2.05, 4.69) is 12.1 Å². The van der Waals surface area contributed by atoms with Crippen LogP contribution in [0.25, 0.3) is 0 Å². The fourth-order valence-corrected chi connectivity index (χ4v) is 2.47. The second-order valence-corrected chi connectivity index (χ2v) is 5.23. The summed E-state index contributed by atoms with van der Waals surface area (Å²) in [5.74, 6) is -0.794. The molecule has 2 rings (SSSR count). The molecule has 1 aliphatic rings. The van der Waals surface area contributed by atoms with Gasteiger partial charge in [-0.15, -0.1) is 0 Å². The Hall–Kier alpha value is -1.39. The van der Waals surface area contributed by atoms with E-state index in [0.29, 0.717) is 13.2 Å². The number of hydrogen-bond donors (Lipinski definition) is 1. The molecule has 1 unspecified atom stereocenters. The van der Waals surface area contributed by atoms with Gasteiger partial charge in [-0.3, -0.25) is 9.69 Å². The number of nitrogens with zero attached hydrogens (tertiary/aromatic N) is 1. The third kappa shape index (κ3) is 3.55. The molecule has 0 radical (unpaired) electrons. The van der Waals surface area contributed by atoms with Crippen molar-refractivity contribution in [1.29, 1.82) is 0 Å². The predicted molar refractivity (Wildman–Crippen MR) is 73.2 cm³/mol. The molecule has 4 nitrogen and oxygen atoms in total. The monoisotopic (exact) mass is 263 g/mol. The van der Waals surface area contributed by atoms with Crippen LogP contribution in [0.4, 0.5) is 0 Å². The van der Waals surface area contributed by atoms with Gasteiger partial charge >= 0.3 is 5.97 Å². The van der Waals surface area contributed by atoms with Gasteiger partial charge in [0.15, 0.2) is 0 Å². The number of carboxylic acid groups (broad SMARTS) is 1. The molecule has 0 bridgehead atoms. The van der Waals surface area contributed by atoms with Crippen molar-refractivity contribution in [1.82, 2.24) is 4.90 Å². The summed E-state index contributed by atoms with van der Waals surface area (Å²) in [6.45, 7) is 5.41. The van der Waals surface area contributed by atoms with E-state index in [9.17, 15) is 4.79 Å². The fourth-order valence-electron chi connectivity index (χ4n) is 2.47. The summed E-state index contributed by atoms with van der Waals surface area (Å²) >= 11 is 0. The van der Waals surface area contributed by atoms with Gasteiger partial charge in [-0.2, -0.15) is 0 Å². The quantitative estimate of drug-likeness (QED) is 0.884. The van der Waals surface area contributed by atoms with Gasteiger partial charge in [0.05, 0.1) is 19.3 Å². The van der Waals surface area contributed by atoms with Crippen LogP contribution >= 0.6 is 0 Å². The standard InChI is InChI=1S/C15H21NO3/c1-11(2)16(10-15(17)18)9-14-13-6-4-3-5-12(13)7-8-19-14/h3-6,11,14H,7-10H2,1-2H3,(H,17,18). The van der Waals surface area contributed by atoms with Gasteiger partial charge in [-0.05, 0) is 31.4 Å². The van der Waals surface area contributed by atoms with Crippen molar-refractivity contribution in [2.24, 2.45) is 0 Å². The van der Waals surface area contributed by atoms with E-state index in [1.165, 1.54) is 11.1 Å². The minimum absolute atomic E-state index is 0.0216. The van der Waals surface area contributed by atoms with Gasteiger partial charge in [-0.25, -0.2) is 0 Å². The predicted octanol–water partition coefficient (Wildman–Crippen LogP) is 2.10. The molecule has 1 atom stereocenters. The summed E-state index contributed by atoms with van der Waals surface area (Å²) in [5, 5.41) is 8.98. The molecule has 0 aromatic heterocycles. The lowest BCUT2D eigenvalue weighted by Gasteiger charge is -2.32. The Balaban J connectivity index is 2.12. The number of carboxylic acids is 1. The molecular formula is C15H21NO3. The Kier molecular flexibility index (Phi) is 4.56. The van der Waals surface area contributed by atoms with Crippen molar-refractivity contribution >= 4 is 5.97 Å². The summed E-state index contributed by atoms with van der Waals surface area (Å²) in [6.07, 6.45) is 0.916. The molecule has 4 heteroatoms. The Morgan fingerprint density at radius 2 is 2.21 bits per heavy atom. The van der Waals surface area contributed by atoms with Crippen molar-refractivity contribution in [2.75, 3.05) is 19.7 Å². The summed E-state index contributed by atoms with van der Waals surface area (Å²) < 4.78 is 5.83. The van der Waals surface area contributed by atoms with E-state index in [1.54, 1.807) is 0 Å². The lowest BCUT2D eigenvalue weighted by atomic mass is 9.97. The molecule has 1 aliphatic heterocycles. The SMILES string of the molecule is CC(C)N(CC(=O)O)CC1OCCc2ccccc21. The Morgan fingerprint density at radius 1 is 1.47 bits per heavy atom. The van der Waals surface area contributed by atoms with Crippen molar-refractivity contribution in [2.45, 2.75) is 32.4 Å². The normalized spacial score (nSPS) is 18.6. The smallest absolute Gasteiger partial charge is 0.317 e. The van der Waals surface area contributed by atoms with Crippen molar-refractivity contribution < 1.29 is 14.6 Å². The zero-order valence-corrected chi connectivity index (χ0v) is 11.5. The lowest BCUT2D eigenvalue weighted by molar-refractivity contribution is -0.139. The minimum Gasteiger partial charge on any atom is -0.480 e. The van der Waals surface area contributed by atoms with Crippen LogP contribution in [0.1, 0.15) is 31.1 Å². The molecule has 1 heterocycles. The zero-order chi connectivity index (χ0) is 13.8. The number of fused-ring (bicyclic) bond motifs is 1. The largest absolute Gasteiger partial charge is 0.480 e. The van der Waals surface area contributed by atoms with Crippen LogP contribution in [0, 0.1) is 0 Å². The third-order valence-corrected chi connectivity index (χ3v) is 3.56. The highest BCUT2D eigenvalue weighted by molar-refractivity contribution is 5.69. The zero-order valence-electron chi connectivity index (χ0n) is 11.5. The molecule has 104 valence electrons. The lowest BCUT2D eigenvalue weighted by Crippen LogP contribution is -2.40. The number of aliphatic carboxylic acids is 1. The van der Waals surface area contributed by atoms with Gasteiger partial charge in [0.1, 0.15) is 0 Å². The third-order valence-electron chi connectivity index (χ3n) is 3.56. The van der Waals surface area contributed by atoms with Crippen LogP contribution in [0.15, 0.2) is 24.3 Å². The van der Waals surface area contributed by atoms with Crippen LogP contribution in [-0.4, -0.2) is 41.7 Å². The Morgan fingerprint density at radius 3 is 2.89 bits per heavy atom. The molecule has 1 aromatic rings. The first-order valence-electron chi connectivity index (χ1n) is 6.73. The van der Waals surface area contributed by atoms with Gasteiger partial charge < -0.3 is 9.84 Å². The molecule has 19 heavy (non-hydrogen) atoms. The molecule has 0 amide bonds. The number of ether oxygens (including phenoxy) is 1. The molecular weight excluding hydrogens is 242 g/mol. The van der Waals surface area contributed by atoms with Crippen LogP contribution in [0.2, 0.25) is 0 Å². The van der Waals surface area contributed by atoms with E-state index < -0.39 is 5.97 Å². The highest BCUT2D eigenvalue weighted by Gasteiger charge is 2.24. The first-order valence-corrected chi connectivity index (χ1v) is 6.73. The second kappa shape index (κ2) is 6.17. The maximum absolute atomic E-state index is 10.9. The summed E-state index contributed by atoms with van der Waals surface area (Å²) in [7, 11) is 0. The van der Waals surface area contributed by atoms with Crippen LogP contribution < -0.4 is 0 Å². The number of benzene rings is 1. The summed E-state index contributed by atoms with van der Waals surface area (Å²) in [6, 6.07) is 8.45. The number of rotatable bonds is 5. The topological polar surface area (TPSA) is 49.8 Å². The molecule has 0 saturated carbocycles. The molecule has 1 aromatic carbocycles. The van der Waals surface area contributed by atoms with E-state index in [1.807, 2.05) is 30.9 Å². The average molecular weight is 263 g/mol. The van der Waals surface area contributed by atoms with E-state index in [0.717, 1.165) is 6.42 Å². The molecule has 0 aliphatic carbocycles. The first-order chi connectivity index (χ1) is 9.08. The average Bonchev–Trinajstić information content (AvgIpc) is 2.37. The highest BCUT2D eigenvalue weighted by Crippen LogP contribution is 2.28. The van der Waals surface area contributed by atoms with Gasteiger partial charge in [0.2, 0.25) is 0 Å². The van der Waals surface area contributed by atoms with Crippen molar-refractivity contribution in [3.05, 3.63) is 35.4 Å². The fraction of sp³-hybridized carbons (Fsp3) is 0.533. The van der Waals surface area contributed by atoms with E-state index in [4.69, 9.17) is 9.84 Å². The van der Waals surface area contributed by atoms with Crippen LogP contribution in [-0.2, 0) is 16.0 Å². The Bertz CT molecular complexity index is 445. The van der Waals surface area contributed by atoms with Gasteiger partial charge in [-0.1, -0.05) is 24.3 Å². The Labute approximate surface area is 114 Å². The van der Waals surface area contributed by atoms with Gasteiger partial charge in [0.25, 0.3) is 0 Å². The van der Waals surface area contributed by atoms with E-state index >= 15 is 0 Å². The molecule has 0 saturated heterocycles. The van der Waals surface area contributed by atoms with Crippen molar-refractivity contribution in [3.8, 4) is 0 Å². The molecule has 0 fully saturated rings. The minimum atomic E-state index is -0.794. The van der Waals surface area contributed by atoms with Crippen LogP contribution in [0.3, 0.4) is 0 Å². The van der Waals surface area contributed by atoms with Crippen molar-refractivity contribution in [3.63, 3.8) is 0 Å². The molecule has 0 spiro atoms. The first kappa shape index (κ1) is 14.0. The maximum Gasteiger partial charge on any atom is 0.317 e. The highest BCUT2D eigenvalue weighted by atomic mass is 16.5. The number of hydrogen-bond acceptors (Lipinski definition) is 3.